The molecule has 0 aliphatic carbocycles. The third-order valence-corrected chi connectivity index (χ3v) is 4.65. The number of hydrogen-bond acceptors (Lipinski definition) is 1. The maximum Gasteiger partial charge on any atom is 0.241 e. The number of halogens is 2. The van der Waals surface area contributed by atoms with Gasteiger partial charge in [0.1, 0.15) is 5.38 Å². The predicted octanol–water partition coefficient (Wildman–Crippen LogP) is 3.66. The summed E-state index contributed by atoms with van der Waals surface area (Å²) < 4.78 is 0. The maximum absolute atomic E-state index is 12.2. The van der Waals surface area contributed by atoms with E-state index in [-0.39, 0.29) is 17.2 Å². The van der Waals surface area contributed by atoms with Crippen molar-refractivity contribution < 1.29 is 4.79 Å². The van der Waals surface area contributed by atoms with Crippen LogP contribution >= 0.6 is 23.2 Å². The van der Waals surface area contributed by atoms with Crippen molar-refractivity contribution in [3.05, 3.63) is 35.9 Å². The molecule has 19 heavy (non-hydrogen) atoms. The number of carbonyl (C=O) groups excluding carboxylic acids is 1. The number of rotatable bonds is 5. The van der Waals surface area contributed by atoms with Gasteiger partial charge in [-0.3, -0.25) is 4.79 Å². The molecule has 0 spiro atoms. The van der Waals surface area contributed by atoms with Gasteiger partial charge in [-0.25, -0.2) is 0 Å². The lowest BCUT2D eigenvalue weighted by Crippen LogP contribution is -2.27. The zero-order valence-corrected chi connectivity index (χ0v) is 12.6. The largest absolute Gasteiger partial charge is 0.337 e. The molecule has 1 saturated heterocycles. The second-order valence-corrected chi connectivity index (χ2v) is 6.11. The van der Waals surface area contributed by atoms with Crippen LogP contribution in [0, 0.1) is 5.92 Å². The van der Waals surface area contributed by atoms with Crippen LogP contribution in [0.1, 0.15) is 25.3 Å². The molecule has 2 nitrogen and oxygen atoms in total. The van der Waals surface area contributed by atoms with Crippen molar-refractivity contribution in [2.75, 3.05) is 6.54 Å². The Balaban J connectivity index is 2.02. The third-order valence-electron chi connectivity index (χ3n) is 3.60. The van der Waals surface area contributed by atoms with Crippen molar-refractivity contribution in [3.63, 3.8) is 0 Å². The Morgan fingerprint density at radius 2 is 2.05 bits per heavy atom. The summed E-state index contributed by atoms with van der Waals surface area (Å²) in [6, 6.07) is 9.97. The molecule has 1 aliphatic heterocycles. The molecule has 0 radical (unpaired) electrons. The van der Waals surface area contributed by atoms with Crippen LogP contribution in [0.15, 0.2) is 30.3 Å². The van der Waals surface area contributed by atoms with E-state index in [1.54, 1.807) is 0 Å². The molecule has 1 amide bonds. The fourth-order valence-electron chi connectivity index (χ4n) is 2.53. The molecule has 0 N–H and O–H groups in total. The van der Waals surface area contributed by atoms with Gasteiger partial charge in [-0.2, -0.15) is 0 Å². The SMILES string of the molecule is CCCC(Cl)C1CN(Cc2ccccc2)C(=O)C1Cl. The second-order valence-electron chi connectivity index (χ2n) is 5.07. The van der Waals surface area contributed by atoms with Crippen LogP contribution in [-0.2, 0) is 11.3 Å². The van der Waals surface area contributed by atoms with Crippen LogP contribution in [0.5, 0.6) is 0 Å². The van der Waals surface area contributed by atoms with E-state index >= 15 is 0 Å². The first-order valence-corrected chi connectivity index (χ1v) is 7.61. The van der Waals surface area contributed by atoms with E-state index in [2.05, 4.69) is 6.92 Å². The van der Waals surface area contributed by atoms with Gasteiger partial charge in [0.15, 0.2) is 0 Å². The van der Waals surface area contributed by atoms with Gasteiger partial charge in [0.2, 0.25) is 5.91 Å². The van der Waals surface area contributed by atoms with E-state index in [1.807, 2.05) is 35.2 Å². The average molecular weight is 300 g/mol. The zero-order chi connectivity index (χ0) is 13.8. The van der Waals surface area contributed by atoms with Gasteiger partial charge in [-0.1, -0.05) is 43.7 Å². The van der Waals surface area contributed by atoms with Gasteiger partial charge in [0.05, 0.1) is 0 Å². The van der Waals surface area contributed by atoms with Gasteiger partial charge in [0, 0.05) is 24.4 Å². The Kier molecular flexibility index (Phi) is 5.12. The molecule has 1 aromatic carbocycles. The van der Waals surface area contributed by atoms with E-state index in [1.165, 1.54) is 0 Å². The van der Waals surface area contributed by atoms with E-state index in [9.17, 15) is 4.79 Å². The lowest BCUT2D eigenvalue weighted by atomic mass is 10.0. The van der Waals surface area contributed by atoms with Crippen molar-refractivity contribution in [2.24, 2.45) is 5.92 Å². The highest BCUT2D eigenvalue weighted by atomic mass is 35.5. The molecule has 0 saturated carbocycles. The van der Waals surface area contributed by atoms with Crippen molar-refractivity contribution in [1.29, 1.82) is 0 Å². The standard InChI is InChI=1S/C15H19Cl2NO/c1-2-6-13(16)12-10-18(15(19)14(12)17)9-11-7-4-3-5-8-11/h3-5,7-8,12-14H,2,6,9-10H2,1H3. The van der Waals surface area contributed by atoms with Crippen LogP contribution in [0.25, 0.3) is 0 Å². The van der Waals surface area contributed by atoms with Crippen molar-refractivity contribution in [3.8, 4) is 0 Å². The molecule has 2 rings (SSSR count). The lowest BCUT2D eigenvalue weighted by molar-refractivity contribution is -0.127. The fourth-order valence-corrected chi connectivity index (χ4v) is 3.44. The Labute approximate surface area is 124 Å². The Hall–Kier alpha value is -0.730. The number of amides is 1. The van der Waals surface area contributed by atoms with Gasteiger partial charge in [0.25, 0.3) is 0 Å². The van der Waals surface area contributed by atoms with E-state index in [0.29, 0.717) is 13.1 Å². The minimum atomic E-state index is -0.474. The molecule has 4 heteroatoms. The second kappa shape index (κ2) is 6.62. The number of benzene rings is 1. The highest BCUT2D eigenvalue weighted by molar-refractivity contribution is 6.32. The molecular formula is C15H19Cl2NO. The summed E-state index contributed by atoms with van der Waals surface area (Å²) >= 11 is 12.6. The van der Waals surface area contributed by atoms with E-state index in [4.69, 9.17) is 23.2 Å². The fraction of sp³-hybridized carbons (Fsp3) is 0.533. The van der Waals surface area contributed by atoms with E-state index < -0.39 is 5.38 Å². The number of carbonyl (C=O) groups is 1. The van der Waals surface area contributed by atoms with Crippen molar-refractivity contribution in [2.45, 2.75) is 37.1 Å². The summed E-state index contributed by atoms with van der Waals surface area (Å²) in [7, 11) is 0. The predicted molar refractivity (Wildman–Crippen MR) is 79.5 cm³/mol. The van der Waals surface area contributed by atoms with Gasteiger partial charge in [-0.05, 0) is 12.0 Å². The molecule has 1 heterocycles. The van der Waals surface area contributed by atoms with Crippen LogP contribution in [0.4, 0.5) is 0 Å². The molecule has 0 aromatic heterocycles. The van der Waals surface area contributed by atoms with Crippen molar-refractivity contribution in [1.82, 2.24) is 4.90 Å². The summed E-state index contributed by atoms with van der Waals surface area (Å²) in [6.45, 7) is 3.38. The summed E-state index contributed by atoms with van der Waals surface area (Å²) in [5.41, 5.74) is 1.13. The Morgan fingerprint density at radius 1 is 1.37 bits per heavy atom. The van der Waals surface area contributed by atoms with Crippen LogP contribution in [0.2, 0.25) is 0 Å². The lowest BCUT2D eigenvalue weighted by Gasteiger charge is -2.19. The number of nitrogens with zero attached hydrogens (tertiary/aromatic N) is 1. The molecule has 3 atom stereocenters. The quantitative estimate of drug-likeness (QED) is 0.760. The van der Waals surface area contributed by atoms with Crippen molar-refractivity contribution >= 4 is 29.1 Å². The Bertz CT molecular complexity index is 423. The monoisotopic (exact) mass is 299 g/mol. The molecule has 1 fully saturated rings. The average Bonchev–Trinajstić information content (AvgIpc) is 2.69. The minimum absolute atomic E-state index is 0.0114. The summed E-state index contributed by atoms with van der Waals surface area (Å²) in [5, 5.41) is -0.491. The highest BCUT2D eigenvalue weighted by Crippen LogP contribution is 2.32. The smallest absolute Gasteiger partial charge is 0.241 e. The van der Waals surface area contributed by atoms with E-state index in [0.717, 1.165) is 18.4 Å². The molecular weight excluding hydrogens is 281 g/mol. The Morgan fingerprint density at radius 3 is 2.68 bits per heavy atom. The summed E-state index contributed by atoms with van der Waals surface area (Å²) in [6.07, 6.45) is 1.92. The zero-order valence-electron chi connectivity index (χ0n) is 11.1. The van der Waals surface area contributed by atoms with Crippen LogP contribution in [0.3, 0.4) is 0 Å². The number of hydrogen-bond donors (Lipinski definition) is 0. The molecule has 1 aliphatic rings. The minimum Gasteiger partial charge on any atom is -0.337 e. The number of likely N-dealkylation sites (tertiary alicyclic amines) is 1. The number of alkyl halides is 2. The highest BCUT2D eigenvalue weighted by Gasteiger charge is 2.42. The topological polar surface area (TPSA) is 20.3 Å². The van der Waals surface area contributed by atoms with Crippen LogP contribution < -0.4 is 0 Å². The summed E-state index contributed by atoms with van der Waals surface area (Å²) in [4.78, 5) is 14.0. The molecule has 0 bridgehead atoms. The first-order chi connectivity index (χ1) is 9.13. The van der Waals surface area contributed by atoms with Gasteiger partial charge in [-0.15, -0.1) is 23.2 Å². The first-order valence-electron chi connectivity index (χ1n) is 6.74. The third kappa shape index (κ3) is 3.43. The van der Waals surface area contributed by atoms with Gasteiger partial charge >= 0.3 is 0 Å². The molecule has 104 valence electrons. The van der Waals surface area contributed by atoms with Gasteiger partial charge < -0.3 is 4.90 Å². The maximum atomic E-state index is 12.2. The molecule has 3 unspecified atom stereocenters. The summed E-state index contributed by atoms with van der Waals surface area (Å²) in [5.74, 6) is 0.0665. The first kappa shape index (κ1) is 14.7. The normalized spacial score (nSPS) is 24.8. The van der Waals surface area contributed by atoms with Crippen LogP contribution in [-0.4, -0.2) is 28.1 Å². The molecule has 1 aromatic rings.